The van der Waals surface area contributed by atoms with E-state index in [1.807, 2.05) is 0 Å². The van der Waals surface area contributed by atoms with Crippen LogP contribution in [0.15, 0.2) is 23.1 Å². The van der Waals surface area contributed by atoms with Crippen LogP contribution in [-0.2, 0) is 14.8 Å². The van der Waals surface area contributed by atoms with E-state index < -0.39 is 26.5 Å². The fourth-order valence-corrected chi connectivity index (χ4v) is 3.61. The van der Waals surface area contributed by atoms with Crippen molar-refractivity contribution in [3.63, 3.8) is 0 Å². The van der Waals surface area contributed by atoms with Gasteiger partial charge in [0.15, 0.2) is 0 Å². The molecule has 1 fully saturated rings. The number of nitro benzene ring substituents is 1. The Bertz CT molecular complexity index is 634. The zero-order valence-corrected chi connectivity index (χ0v) is 11.5. The van der Waals surface area contributed by atoms with E-state index in [9.17, 15) is 22.9 Å². The van der Waals surface area contributed by atoms with E-state index in [0.29, 0.717) is 6.07 Å². The molecular formula is C11H13FN2O5S. The zero-order chi connectivity index (χ0) is 14.9. The van der Waals surface area contributed by atoms with E-state index in [2.05, 4.69) is 0 Å². The predicted octanol–water partition coefficient (Wildman–Crippen LogP) is 1.14. The maximum Gasteiger partial charge on any atom is 0.304 e. The molecule has 0 N–H and O–H groups in total. The Morgan fingerprint density at radius 3 is 2.75 bits per heavy atom. The summed E-state index contributed by atoms with van der Waals surface area (Å²) in [5.41, 5.74) is -0.751. The minimum absolute atomic E-state index is 0.169. The molecule has 9 heteroatoms. The van der Waals surface area contributed by atoms with E-state index in [1.54, 1.807) is 6.92 Å². The lowest BCUT2D eigenvalue weighted by Gasteiger charge is -2.32. The lowest BCUT2D eigenvalue weighted by molar-refractivity contribution is -0.387. The highest BCUT2D eigenvalue weighted by molar-refractivity contribution is 7.89. The molecule has 0 amide bonds. The standard InChI is InChI=1S/C11H13FN2O5S/c1-8-7-19-5-4-13(8)20(17,18)9-2-3-11(14(15)16)10(12)6-9/h2-3,6,8H,4-5,7H2,1H3/t8-/m1/s1. The van der Waals surface area contributed by atoms with Crippen molar-refractivity contribution < 1.29 is 22.5 Å². The van der Waals surface area contributed by atoms with Crippen molar-refractivity contribution in [1.29, 1.82) is 0 Å². The number of hydrogen-bond acceptors (Lipinski definition) is 5. The Morgan fingerprint density at radius 2 is 2.20 bits per heavy atom. The summed E-state index contributed by atoms with van der Waals surface area (Å²) in [7, 11) is -3.89. The van der Waals surface area contributed by atoms with Crippen molar-refractivity contribution in [2.75, 3.05) is 19.8 Å². The van der Waals surface area contributed by atoms with Crippen LogP contribution >= 0.6 is 0 Å². The van der Waals surface area contributed by atoms with Gasteiger partial charge in [0, 0.05) is 24.7 Å². The van der Waals surface area contributed by atoms with Crippen LogP contribution in [-0.4, -0.2) is 43.4 Å². The Kier molecular flexibility index (Phi) is 4.02. The molecule has 110 valence electrons. The maximum atomic E-state index is 13.5. The third kappa shape index (κ3) is 2.65. The van der Waals surface area contributed by atoms with Crippen LogP contribution in [0.4, 0.5) is 10.1 Å². The van der Waals surface area contributed by atoms with Crippen LogP contribution in [0.1, 0.15) is 6.92 Å². The first-order valence-electron chi connectivity index (χ1n) is 5.87. The molecular weight excluding hydrogens is 291 g/mol. The molecule has 1 aliphatic rings. The topological polar surface area (TPSA) is 89.8 Å². The predicted molar refractivity (Wildman–Crippen MR) is 67.2 cm³/mol. The molecule has 7 nitrogen and oxygen atoms in total. The molecule has 0 spiro atoms. The number of nitro groups is 1. The maximum absolute atomic E-state index is 13.5. The normalized spacial score (nSPS) is 20.8. The van der Waals surface area contributed by atoms with Gasteiger partial charge in [-0.3, -0.25) is 10.1 Å². The van der Waals surface area contributed by atoms with Crippen molar-refractivity contribution in [2.45, 2.75) is 17.9 Å². The van der Waals surface area contributed by atoms with Crippen LogP contribution in [0.2, 0.25) is 0 Å². The van der Waals surface area contributed by atoms with Gasteiger partial charge < -0.3 is 4.74 Å². The number of ether oxygens (including phenoxy) is 1. The van der Waals surface area contributed by atoms with Gasteiger partial charge in [-0.1, -0.05) is 0 Å². The van der Waals surface area contributed by atoms with E-state index in [-0.39, 0.29) is 30.7 Å². The van der Waals surface area contributed by atoms with Crippen LogP contribution in [0.25, 0.3) is 0 Å². The molecule has 0 radical (unpaired) electrons. The molecule has 0 saturated carbocycles. The smallest absolute Gasteiger partial charge is 0.304 e. The lowest BCUT2D eigenvalue weighted by atomic mass is 10.3. The summed E-state index contributed by atoms with van der Waals surface area (Å²) in [4.78, 5) is 9.33. The molecule has 0 unspecified atom stereocenters. The molecule has 1 aromatic rings. The van der Waals surface area contributed by atoms with Gasteiger partial charge in [-0.15, -0.1) is 0 Å². The van der Waals surface area contributed by atoms with Gasteiger partial charge in [-0.2, -0.15) is 8.70 Å². The second kappa shape index (κ2) is 5.43. The zero-order valence-electron chi connectivity index (χ0n) is 10.7. The SMILES string of the molecule is C[C@@H]1COCCN1S(=O)(=O)c1ccc([N+](=O)[O-])c(F)c1. The highest BCUT2D eigenvalue weighted by atomic mass is 32.2. The first-order chi connectivity index (χ1) is 9.34. The van der Waals surface area contributed by atoms with Gasteiger partial charge in [0.05, 0.1) is 23.0 Å². The van der Waals surface area contributed by atoms with Gasteiger partial charge in [0.2, 0.25) is 15.8 Å². The van der Waals surface area contributed by atoms with Crippen molar-refractivity contribution >= 4 is 15.7 Å². The van der Waals surface area contributed by atoms with Gasteiger partial charge in [0.1, 0.15) is 0 Å². The summed E-state index contributed by atoms with van der Waals surface area (Å²) >= 11 is 0. The molecule has 0 aliphatic carbocycles. The molecule has 0 aromatic heterocycles. The van der Waals surface area contributed by atoms with Crippen LogP contribution in [0.3, 0.4) is 0 Å². The minimum Gasteiger partial charge on any atom is -0.378 e. The molecule has 1 aliphatic heterocycles. The van der Waals surface area contributed by atoms with Crippen molar-refractivity contribution in [2.24, 2.45) is 0 Å². The summed E-state index contributed by atoms with van der Waals surface area (Å²) in [5.74, 6) is -1.17. The molecule has 1 heterocycles. The fraction of sp³-hybridized carbons (Fsp3) is 0.455. The first kappa shape index (κ1) is 14.8. The molecule has 0 bridgehead atoms. The van der Waals surface area contributed by atoms with Gasteiger partial charge in [-0.25, -0.2) is 8.42 Å². The number of rotatable bonds is 3. The summed E-state index contributed by atoms with van der Waals surface area (Å²) < 4.78 is 44.6. The molecule has 1 aromatic carbocycles. The van der Waals surface area contributed by atoms with Crippen molar-refractivity contribution in [3.8, 4) is 0 Å². The van der Waals surface area contributed by atoms with Crippen molar-refractivity contribution in [3.05, 3.63) is 34.1 Å². The van der Waals surface area contributed by atoms with Gasteiger partial charge in [-0.05, 0) is 13.0 Å². The molecule has 2 rings (SSSR count). The number of morpholine rings is 1. The van der Waals surface area contributed by atoms with Crippen LogP contribution in [0.5, 0.6) is 0 Å². The van der Waals surface area contributed by atoms with Crippen LogP contribution < -0.4 is 0 Å². The highest BCUT2D eigenvalue weighted by Crippen LogP contribution is 2.25. The average molecular weight is 304 g/mol. The number of nitrogens with zero attached hydrogens (tertiary/aromatic N) is 2. The summed E-state index contributed by atoms with van der Waals surface area (Å²) in [6.45, 7) is 2.37. The number of hydrogen-bond donors (Lipinski definition) is 0. The number of benzene rings is 1. The first-order valence-corrected chi connectivity index (χ1v) is 7.31. The Labute approximate surface area is 115 Å². The second-order valence-corrected chi connectivity index (χ2v) is 6.30. The minimum atomic E-state index is -3.89. The third-order valence-electron chi connectivity index (χ3n) is 3.03. The van der Waals surface area contributed by atoms with E-state index >= 15 is 0 Å². The number of sulfonamides is 1. The summed E-state index contributed by atoms with van der Waals surface area (Å²) in [6, 6.07) is 2.20. The molecule has 1 saturated heterocycles. The highest BCUT2D eigenvalue weighted by Gasteiger charge is 2.32. The quantitative estimate of drug-likeness (QED) is 0.617. The van der Waals surface area contributed by atoms with Crippen molar-refractivity contribution in [1.82, 2.24) is 4.31 Å². The Hall–Kier alpha value is -1.58. The lowest BCUT2D eigenvalue weighted by Crippen LogP contribution is -2.46. The van der Waals surface area contributed by atoms with E-state index in [1.165, 1.54) is 4.31 Å². The van der Waals surface area contributed by atoms with Gasteiger partial charge in [0.25, 0.3) is 0 Å². The summed E-state index contributed by atoms with van der Waals surface area (Å²) in [6.07, 6.45) is 0. The third-order valence-corrected chi connectivity index (χ3v) is 5.04. The second-order valence-electron chi connectivity index (χ2n) is 4.41. The Morgan fingerprint density at radius 1 is 1.50 bits per heavy atom. The monoisotopic (exact) mass is 304 g/mol. The van der Waals surface area contributed by atoms with E-state index in [4.69, 9.17) is 4.74 Å². The fourth-order valence-electron chi connectivity index (χ4n) is 2.00. The summed E-state index contributed by atoms with van der Waals surface area (Å²) in [5, 5.41) is 10.5. The molecule has 20 heavy (non-hydrogen) atoms. The largest absolute Gasteiger partial charge is 0.378 e. The molecule has 1 atom stereocenters. The average Bonchev–Trinajstić information content (AvgIpc) is 2.38. The van der Waals surface area contributed by atoms with Crippen LogP contribution in [0, 0.1) is 15.9 Å². The van der Waals surface area contributed by atoms with E-state index in [0.717, 1.165) is 12.1 Å². The van der Waals surface area contributed by atoms with Gasteiger partial charge >= 0.3 is 5.69 Å². The number of halogens is 1. The Balaban J connectivity index is 2.39.